The third-order valence-corrected chi connectivity index (χ3v) is 4.20. The summed E-state index contributed by atoms with van der Waals surface area (Å²) in [6.45, 7) is 4.11. The lowest BCUT2D eigenvalue weighted by Crippen LogP contribution is -2.25. The Morgan fingerprint density at radius 2 is 1.88 bits per heavy atom. The molecular formula is C14H26O2. The number of hydrogen-bond acceptors (Lipinski definition) is 1. The zero-order valence-corrected chi connectivity index (χ0v) is 10.7. The molecule has 0 aromatic rings. The second-order valence-electron chi connectivity index (χ2n) is 5.40. The van der Waals surface area contributed by atoms with Crippen LogP contribution in [0.1, 0.15) is 65.2 Å². The van der Waals surface area contributed by atoms with Crippen molar-refractivity contribution in [3.63, 3.8) is 0 Å². The number of rotatable bonds is 6. The predicted molar refractivity (Wildman–Crippen MR) is 66.4 cm³/mol. The number of unbranched alkanes of at least 4 members (excludes halogenated alkanes) is 2. The largest absolute Gasteiger partial charge is 0.481 e. The zero-order valence-electron chi connectivity index (χ0n) is 10.7. The van der Waals surface area contributed by atoms with Gasteiger partial charge < -0.3 is 5.11 Å². The van der Waals surface area contributed by atoms with Crippen LogP contribution in [0.2, 0.25) is 0 Å². The van der Waals surface area contributed by atoms with Crippen LogP contribution in [0, 0.1) is 17.8 Å². The van der Waals surface area contributed by atoms with Gasteiger partial charge in [-0.15, -0.1) is 0 Å². The standard InChI is InChI=1S/C14H26O2/c1-3-4-5-6-12-7-9-13(10-8-12)11(2)14(15)16/h11-13H,3-10H2,1-2H3,(H,15,16). The molecule has 0 aliphatic heterocycles. The van der Waals surface area contributed by atoms with Gasteiger partial charge in [-0.2, -0.15) is 0 Å². The first-order valence-electron chi connectivity index (χ1n) is 6.88. The first kappa shape index (κ1) is 13.5. The van der Waals surface area contributed by atoms with Crippen LogP contribution in [-0.2, 0) is 4.79 Å². The minimum atomic E-state index is -0.616. The van der Waals surface area contributed by atoms with Gasteiger partial charge in [0.2, 0.25) is 0 Å². The third-order valence-electron chi connectivity index (χ3n) is 4.20. The summed E-state index contributed by atoms with van der Waals surface area (Å²) in [6, 6.07) is 0. The quantitative estimate of drug-likeness (QED) is 0.692. The number of carboxylic acids is 1. The average molecular weight is 226 g/mol. The van der Waals surface area contributed by atoms with Crippen LogP contribution in [0.4, 0.5) is 0 Å². The van der Waals surface area contributed by atoms with Gasteiger partial charge in [0.15, 0.2) is 0 Å². The normalized spacial score (nSPS) is 27.6. The van der Waals surface area contributed by atoms with E-state index >= 15 is 0 Å². The maximum atomic E-state index is 10.9. The number of carboxylic acid groups (broad SMARTS) is 1. The third kappa shape index (κ3) is 4.15. The molecule has 0 aromatic carbocycles. The lowest BCUT2D eigenvalue weighted by Gasteiger charge is -2.30. The molecule has 0 spiro atoms. The van der Waals surface area contributed by atoms with Gasteiger partial charge >= 0.3 is 5.97 Å². The van der Waals surface area contributed by atoms with Crippen LogP contribution in [0.3, 0.4) is 0 Å². The van der Waals surface area contributed by atoms with Crippen LogP contribution in [0.5, 0.6) is 0 Å². The van der Waals surface area contributed by atoms with Gasteiger partial charge in [-0.3, -0.25) is 4.79 Å². The van der Waals surface area contributed by atoms with Crippen molar-refractivity contribution in [1.29, 1.82) is 0 Å². The average Bonchev–Trinajstić information content (AvgIpc) is 2.29. The van der Waals surface area contributed by atoms with Crippen LogP contribution in [-0.4, -0.2) is 11.1 Å². The van der Waals surface area contributed by atoms with Crippen molar-refractivity contribution in [1.82, 2.24) is 0 Å². The van der Waals surface area contributed by atoms with E-state index in [-0.39, 0.29) is 5.92 Å². The molecule has 1 saturated carbocycles. The molecule has 0 amide bonds. The molecule has 1 fully saturated rings. The van der Waals surface area contributed by atoms with Crippen molar-refractivity contribution in [3.05, 3.63) is 0 Å². The van der Waals surface area contributed by atoms with Crippen molar-refractivity contribution in [2.75, 3.05) is 0 Å². The topological polar surface area (TPSA) is 37.3 Å². The van der Waals surface area contributed by atoms with Crippen LogP contribution in [0.25, 0.3) is 0 Å². The number of hydrogen-bond donors (Lipinski definition) is 1. The van der Waals surface area contributed by atoms with Gasteiger partial charge in [0.05, 0.1) is 5.92 Å². The predicted octanol–water partition coefficient (Wildman–Crippen LogP) is 4.09. The zero-order chi connectivity index (χ0) is 12.0. The summed E-state index contributed by atoms with van der Waals surface area (Å²) in [5, 5.41) is 8.97. The Labute approximate surface area is 99.4 Å². The lowest BCUT2D eigenvalue weighted by molar-refractivity contribution is -0.143. The molecule has 2 nitrogen and oxygen atoms in total. The molecule has 0 bridgehead atoms. The number of carbonyl (C=O) groups is 1. The Hall–Kier alpha value is -0.530. The van der Waals surface area contributed by atoms with E-state index in [9.17, 15) is 4.79 Å². The van der Waals surface area contributed by atoms with E-state index in [4.69, 9.17) is 5.11 Å². The van der Waals surface area contributed by atoms with Gasteiger partial charge in [-0.05, 0) is 24.7 Å². The van der Waals surface area contributed by atoms with Gasteiger partial charge in [0.1, 0.15) is 0 Å². The molecule has 1 rings (SSSR count). The summed E-state index contributed by atoms with van der Waals surface area (Å²) in [4.78, 5) is 10.9. The van der Waals surface area contributed by atoms with Crippen LogP contribution < -0.4 is 0 Å². The molecule has 0 heterocycles. The first-order valence-corrected chi connectivity index (χ1v) is 6.88. The maximum Gasteiger partial charge on any atom is 0.306 e. The summed E-state index contributed by atoms with van der Waals surface area (Å²) in [6.07, 6.45) is 10.1. The minimum Gasteiger partial charge on any atom is -0.481 e. The summed E-state index contributed by atoms with van der Waals surface area (Å²) in [5.41, 5.74) is 0. The molecule has 1 aliphatic carbocycles. The molecule has 1 aliphatic rings. The minimum absolute atomic E-state index is 0.142. The van der Waals surface area contributed by atoms with Crippen molar-refractivity contribution in [2.24, 2.45) is 17.8 Å². The van der Waals surface area contributed by atoms with E-state index in [0.717, 1.165) is 18.8 Å². The van der Waals surface area contributed by atoms with E-state index in [1.54, 1.807) is 0 Å². The molecule has 94 valence electrons. The monoisotopic (exact) mass is 226 g/mol. The Balaban J connectivity index is 2.20. The van der Waals surface area contributed by atoms with E-state index in [1.165, 1.54) is 38.5 Å². The Morgan fingerprint density at radius 3 is 2.38 bits per heavy atom. The van der Waals surface area contributed by atoms with Crippen molar-refractivity contribution in [3.8, 4) is 0 Å². The second-order valence-corrected chi connectivity index (χ2v) is 5.40. The molecule has 0 saturated heterocycles. The van der Waals surface area contributed by atoms with E-state index in [0.29, 0.717) is 5.92 Å². The fraction of sp³-hybridized carbons (Fsp3) is 0.929. The Morgan fingerprint density at radius 1 is 1.25 bits per heavy atom. The summed E-state index contributed by atoms with van der Waals surface area (Å²) in [5.74, 6) is 0.551. The van der Waals surface area contributed by atoms with Crippen molar-refractivity contribution < 1.29 is 9.90 Å². The van der Waals surface area contributed by atoms with Crippen molar-refractivity contribution in [2.45, 2.75) is 65.2 Å². The number of aliphatic carboxylic acids is 1. The highest BCUT2D eigenvalue weighted by Gasteiger charge is 2.28. The van der Waals surface area contributed by atoms with Gasteiger partial charge in [-0.1, -0.05) is 52.4 Å². The van der Waals surface area contributed by atoms with Crippen LogP contribution in [0.15, 0.2) is 0 Å². The molecular weight excluding hydrogens is 200 g/mol. The molecule has 1 unspecified atom stereocenters. The highest BCUT2D eigenvalue weighted by molar-refractivity contribution is 5.69. The Bertz CT molecular complexity index is 205. The summed E-state index contributed by atoms with van der Waals surface area (Å²) in [7, 11) is 0. The molecule has 0 aromatic heterocycles. The van der Waals surface area contributed by atoms with E-state index in [1.807, 2.05) is 6.92 Å². The van der Waals surface area contributed by atoms with E-state index < -0.39 is 5.97 Å². The Kier molecular flexibility index (Phi) is 5.86. The van der Waals surface area contributed by atoms with Gasteiger partial charge in [-0.25, -0.2) is 0 Å². The smallest absolute Gasteiger partial charge is 0.306 e. The lowest BCUT2D eigenvalue weighted by atomic mass is 9.75. The molecule has 0 radical (unpaired) electrons. The van der Waals surface area contributed by atoms with Crippen molar-refractivity contribution >= 4 is 5.97 Å². The SMILES string of the molecule is CCCCCC1CCC(C(C)C(=O)O)CC1. The van der Waals surface area contributed by atoms with Gasteiger partial charge in [0, 0.05) is 0 Å². The van der Waals surface area contributed by atoms with E-state index in [2.05, 4.69) is 6.92 Å². The van der Waals surface area contributed by atoms with Crippen LogP contribution >= 0.6 is 0 Å². The first-order chi connectivity index (χ1) is 7.65. The molecule has 2 heteroatoms. The molecule has 16 heavy (non-hydrogen) atoms. The maximum absolute atomic E-state index is 10.9. The molecule has 1 N–H and O–H groups in total. The summed E-state index contributed by atoms with van der Waals surface area (Å²) >= 11 is 0. The highest BCUT2D eigenvalue weighted by atomic mass is 16.4. The summed E-state index contributed by atoms with van der Waals surface area (Å²) < 4.78 is 0. The highest BCUT2D eigenvalue weighted by Crippen LogP contribution is 2.35. The fourth-order valence-electron chi connectivity index (χ4n) is 2.86. The second kappa shape index (κ2) is 6.93. The van der Waals surface area contributed by atoms with Gasteiger partial charge in [0.25, 0.3) is 0 Å². The fourth-order valence-corrected chi connectivity index (χ4v) is 2.86. The molecule has 1 atom stereocenters.